The highest BCUT2D eigenvalue weighted by Crippen LogP contribution is 2.45. The summed E-state index contributed by atoms with van der Waals surface area (Å²) in [6, 6.07) is 0. The summed E-state index contributed by atoms with van der Waals surface area (Å²) in [6.45, 7) is 2.40. The lowest BCUT2D eigenvalue weighted by molar-refractivity contribution is -0.164. The van der Waals surface area contributed by atoms with Crippen molar-refractivity contribution in [3.63, 3.8) is 0 Å². The summed E-state index contributed by atoms with van der Waals surface area (Å²) in [5.74, 6) is 0.226. The van der Waals surface area contributed by atoms with Crippen LogP contribution in [0.5, 0.6) is 0 Å². The molecule has 2 rings (SSSR count). The quantitative estimate of drug-likeness (QED) is 0.701. The molecule has 3 heteroatoms. The fraction of sp³-hybridized carbons (Fsp3) is 1.00. The summed E-state index contributed by atoms with van der Waals surface area (Å²) < 4.78 is 5.77. The van der Waals surface area contributed by atoms with Gasteiger partial charge in [-0.15, -0.1) is 0 Å². The Labute approximate surface area is 85.1 Å². The van der Waals surface area contributed by atoms with Gasteiger partial charge in [-0.2, -0.15) is 0 Å². The third-order valence-electron chi connectivity index (χ3n) is 3.77. The fourth-order valence-corrected chi connectivity index (χ4v) is 2.67. The van der Waals surface area contributed by atoms with Crippen LogP contribution in [0, 0.1) is 5.92 Å². The number of hydrogen-bond acceptors (Lipinski definition) is 3. The molecular weight excluding hydrogens is 180 g/mol. The molecule has 0 radical (unpaired) electrons. The average molecular weight is 200 g/mol. The lowest BCUT2D eigenvalue weighted by atomic mass is 9.70. The molecule has 3 unspecified atom stereocenters. The predicted molar refractivity (Wildman–Crippen MR) is 52.9 cm³/mol. The highest BCUT2D eigenvalue weighted by atomic mass is 16.5. The molecule has 0 amide bonds. The van der Waals surface area contributed by atoms with E-state index in [0.29, 0.717) is 0 Å². The van der Waals surface area contributed by atoms with E-state index in [-0.39, 0.29) is 11.5 Å². The van der Waals surface area contributed by atoms with Crippen molar-refractivity contribution in [2.45, 2.75) is 56.8 Å². The standard InChI is InChI=1S/C11H20O3/c1-8(12)10(13)9-3-6-14-11(7-9)4-2-5-11/h8-10,12-13H,2-7H2,1H3. The molecule has 1 spiro atoms. The van der Waals surface area contributed by atoms with E-state index in [1.807, 2.05) is 0 Å². The third kappa shape index (κ3) is 1.81. The van der Waals surface area contributed by atoms with Crippen LogP contribution in [0.15, 0.2) is 0 Å². The summed E-state index contributed by atoms with van der Waals surface area (Å²) in [5.41, 5.74) is 0.0682. The molecule has 2 N–H and O–H groups in total. The highest BCUT2D eigenvalue weighted by molar-refractivity contribution is 4.95. The first-order chi connectivity index (χ1) is 6.63. The Kier molecular flexibility index (Phi) is 2.82. The molecular formula is C11H20O3. The SMILES string of the molecule is CC(O)C(O)C1CCOC2(CCC2)C1. The van der Waals surface area contributed by atoms with Gasteiger partial charge in [-0.3, -0.25) is 0 Å². The summed E-state index contributed by atoms with van der Waals surface area (Å²) in [4.78, 5) is 0. The Morgan fingerprint density at radius 1 is 1.36 bits per heavy atom. The number of ether oxygens (including phenoxy) is 1. The van der Waals surface area contributed by atoms with Crippen LogP contribution in [0.1, 0.15) is 39.0 Å². The van der Waals surface area contributed by atoms with E-state index < -0.39 is 12.2 Å². The van der Waals surface area contributed by atoms with Gasteiger partial charge in [-0.25, -0.2) is 0 Å². The van der Waals surface area contributed by atoms with E-state index in [1.165, 1.54) is 6.42 Å². The molecule has 0 aromatic rings. The van der Waals surface area contributed by atoms with Crippen LogP contribution in [-0.4, -0.2) is 34.6 Å². The van der Waals surface area contributed by atoms with Crippen molar-refractivity contribution in [3.05, 3.63) is 0 Å². The van der Waals surface area contributed by atoms with Gasteiger partial charge in [0.15, 0.2) is 0 Å². The maximum Gasteiger partial charge on any atom is 0.0826 e. The van der Waals surface area contributed by atoms with E-state index in [1.54, 1.807) is 6.92 Å². The lowest BCUT2D eigenvalue weighted by Crippen LogP contribution is -2.49. The van der Waals surface area contributed by atoms with E-state index in [9.17, 15) is 10.2 Å². The van der Waals surface area contributed by atoms with Crippen molar-refractivity contribution in [1.82, 2.24) is 0 Å². The second-order valence-corrected chi connectivity index (χ2v) is 4.87. The zero-order chi connectivity index (χ0) is 10.2. The number of aliphatic hydroxyl groups is 2. The van der Waals surface area contributed by atoms with Crippen molar-refractivity contribution in [3.8, 4) is 0 Å². The molecule has 82 valence electrons. The number of aliphatic hydroxyl groups excluding tert-OH is 2. The van der Waals surface area contributed by atoms with E-state index in [2.05, 4.69) is 0 Å². The van der Waals surface area contributed by atoms with Gasteiger partial charge in [0.1, 0.15) is 0 Å². The minimum Gasteiger partial charge on any atom is -0.391 e. The predicted octanol–water partition coefficient (Wildman–Crippen LogP) is 1.08. The molecule has 2 aliphatic rings. The smallest absolute Gasteiger partial charge is 0.0826 e. The van der Waals surface area contributed by atoms with Gasteiger partial charge in [-0.1, -0.05) is 0 Å². The van der Waals surface area contributed by atoms with Gasteiger partial charge in [-0.05, 0) is 44.9 Å². The zero-order valence-corrected chi connectivity index (χ0v) is 8.78. The second-order valence-electron chi connectivity index (χ2n) is 4.87. The fourth-order valence-electron chi connectivity index (χ4n) is 2.67. The van der Waals surface area contributed by atoms with Crippen molar-refractivity contribution in [2.24, 2.45) is 5.92 Å². The number of hydrogen-bond donors (Lipinski definition) is 2. The normalized spacial score (nSPS) is 34.9. The van der Waals surface area contributed by atoms with Gasteiger partial charge in [0.05, 0.1) is 17.8 Å². The van der Waals surface area contributed by atoms with Crippen LogP contribution in [0.25, 0.3) is 0 Å². The molecule has 1 aliphatic heterocycles. The Bertz CT molecular complexity index is 199. The maximum absolute atomic E-state index is 9.80. The molecule has 3 nitrogen and oxygen atoms in total. The number of rotatable bonds is 2. The minimum atomic E-state index is -0.616. The van der Waals surface area contributed by atoms with Gasteiger partial charge >= 0.3 is 0 Å². The Morgan fingerprint density at radius 3 is 2.57 bits per heavy atom. The van der Waals surface area contributed by atoms with E-state index in [4.69, 9.17) is 4.74 Å². The zero-order valence-electron chi connectivity index (χ0n) is 8.78. The second kappa shape index (κ2) is 3.80. The van der Waals surface area contributed by atoms with Crippen LogP contribution < -0.4 is 0 Å². The molecule has 1 saturated carbocycles. The topological polar surface area (TPSA) is 49.7 Å². The van der Waals surface area contributed by atoms with Crippen molar-refractivity contribution in [1.29, 1.82) is 0 Å². The summed E-state index contributed by atoms with van der Waals surface area (Å²) >= 11 is 0. The monoisotopic (exact) mass is 200 g/mol. The van der Waals surface area contributed by atoms with Crippen molar-refractivity contribution in [2.75, 3.05) is 6.61 Å². The van der Waals surface area contributed by atoms with Crippen LogP contribution in [-0.2, 0) is 4.74 Å². The first-order valence-corrected chi connectivity index (χ1v) is 5.63. The van der Waals surface area contributed by atoms with E-state index in [0.717, 1.165) is 32.3 Å². The Balaban J connectivity index is 1.93. The van der Waals surface area contributed by atoms with Crippen LogP contribution in [0.2, 0.25) is 0 Å². The molecule has 1 aliphatic carbocycles. The largest absolute Gasteiger partial charge is 0.391 e. The van der Waals surface area contributed by atoms with Gasteiger partial charge in [0.25, 0.3) is 0 Å². The first-order valence-electron chi connectivity index (χ1n) is 5.63. The van der Waals surface area contributed by atoms with Crippen LogP contribution in [0.3, 0.4) is 0 Å². The van der Waals surface area contributed by atoms with Gasteiger partial charge in [0.2, 0.25) is 0 Å². The van der Waals surface area contributed by atoms with Crippen molar-refractivity contribution < 1.29 is 14.9 Å². The van der Waals surface area contributed by atoms with Crippen molar-refractivity contribution >= 4 is 0 Å². The molecule has 3 atom stereocenters. The Hall–Kier alpha value is -0.120. The first kappa shape index (κ1) is 10.4. The van der Waals surface area contributed by atoms with Crippen LogP contribution in [0.4, 0.5) is 0 Å². The molecule has 14 heavy (non-hydrogen) atoms. The van der Waals surface area contributed by atoms with Crippen LogP contribution >= 0.6 is 0 Å². The highest BCUT2D eigenvalue weighted by Gasteiger charge is 2.44. The lowest BCUT2D eigenvalue weighted by Gasteiger charge is -2.48. The van der Waals surface area contributed by atoms with E-state index >= 15 is 0 Å². The maximum atomic E-state index is 9.80. The third-order valence-corrected chi connectivity index (χ3v) is 3.77. The molecule has 1 heterocycles. The summed E-state index contributed by atoms with van der Waals surface area (Å²) in [6.07, 6.45) is 4.14. The molecule has 0 aromatic carbocycles. The molecule has 2 fully saturated rings. The van der Waals surface area contributed by atoms with Gasteiger partial charge in [0, 0.05) is 6.61 Å². The van der Waals surface area contributed by atoms with Gasteiger partial charge < -0.3 is 14.9 Å². The average Bonchev–Trinajstić information content (AvgIpc) is 2.14. The minimum absolute atomic E-state index is 0.0682. The summed E-state index contributed by atoms with van der Waals surface area (Å²) in [7, 11) is 0. The summed E-state index contributed by atoms with van der Waals surface area (Å²) in [5, 5.41) is 19.1. The molecule has 0 bridgehead atoms. The Morgan fingerprint density at radius 2 is 2.07 bits per heavy atom. The molecule has 1 saturated heterocycles. The molecule has 0 aromatic heterocycles.